The van der Waals surface area contributed by atoms with Gasteiger partial charge in [-0.2, -0.15) is 36.1 Å². The minimum absolute atomic E-state index is 0.0349. The van der Waals surface area contributed by atoms with E-state index in [2.05, 4.69) is 15.4 Å². The molecular weight excluding hydrogens is 490 g/mol. The van der Waals surface area contributed by atoms with E-state index in [9.17, 15) is 31.1 Å². The van der Waals surface area contributed by atoms with Crippen LogP contribution in [0.2, 0.25) is 0 Å². The summed E-state index contributed by atoms with van der Waals surface area (Å²) in [6.07, 6.45) is -10.1. The quantitative estimate of drug-likeness (QED) is 0.318. The van der Waals surface area contributed by atoms with Crippen molar-refractivity contribution in [2.24, 2.45) is 0 Å². The Morgan fingerprint density at radius 3 is 2.24 bits per heavy atom. The van der Waals surface area contributed by atoms with Crippen LogP contribution in [0.25, 0.3) is 15.7 Å². The molecule has 0 aliphatic carbocycles. The third-order valence-corrected chi connectivity index (χ3v) is 6.08. The molecule has 0 saturated heterocycles. The number of carbonyl (C=O) groups is 1. The summed E-state index contributed by atoms with van der Waals surface area (Å²) in [6.45, 7) is 1.62. The van der Waals surface area contributed by atoms with Gasteiger partial charge in [0.15, 0.2) is 0 Å². The van der Waals surface area contributed by atoms with Crippen LogP contribution in [0.5, 0.6) is 0 Å². The van der Waals surface area contributed by atoms with Gasteiger partial charge in [-0.25, -0.2) is 4.98 Å². The number of carbonyl (C=O) groups excluding carboxylic acids is 1. The van der Waals surface area contributed by atoms with Crippen LogP contribution in [-0.4, -0.2) is 20.7 Å². The molecular formula is C20H12F6N4OS2. The number of thiophene rings is 1. The summed E-state index contributed by atoms with van der Waals surface area (Å²) < 4.78 is 80.0. The van der Waals surface area contributed by atoms with Crippen molar-refractivity contribution in [1.82, 2.24) is 14.8 Å². The van der Waals surface area contributed by atoms with Gasteiger partial charge in [0.05, 0.1) is 27.4 Å². The first-order chi connectivity index (χ1) is 15.4. The number of aryl methyl sites for hydroxylation is 1. The van der Waals surface area contributed by atoms with Crippen molar-refractivity contribution in [3.05, 3.63) is 69.5 Å². The van der Waals surface area contributed by atoms with E-state index in [4.69, 9.17) is 0 Å². The fourth-order valence-electron chi connectivity index (χ4n) is 2.91. The summed E-state index contributed by atoms with van der Waals surface area (Å²) in [5.74, 6) is -1.10. The molecule has 0 radical (unpaired) electrons. The third kappa shape index (κ3) is 4.93. The molecule has 1 aromatic carbocycles. The Hall–Kier alpha value is -3.19. The number of halogens is 6. The number of thiazole rings is 1. The van der Waals surface area contributed by atoms with Crippen molar-refractivity contribution in [2.75, 3.05) is 5.32 Å². The van der Waals surface area contributed by atoms with Crippen LogP contribution < -0.4 is 5.32 Å². The zero-order chi connectivity index (χ0) is 24.0. The maximum absolute atomic E-state index is 13.1. The van der Waals surface area contributed by atoms with Gasteiger partial charge in [0.25, 0.3) is 5.91 Å². The van der Waals surface area contributed by atoms with E-state index in [1.165, 1.54) is 33.4 Å². The Balaban J connectivity index is 1.68. The third-order valence-electron chi connectivity index (χ3n) is 4.37. The topological polar surface area (TPSA) is 59.8 Å². The Morgan fingerprint density at radius 2 is 1.67 bits per heavy atom. The summed E-state index contributed by atoms with van der Waals surface area (Å²) in [5.41, 5.74) is -2.82. The number of anilines is 1. The van der Waals surface area contributed by atoms with E-state index in [0.717, 1.165) is 4.88 Å². The Bertz CT molecular complexity index is 1270. The number of hydrogen-bond donors (Lipinski definition) is 1. The van der Waals surface area contributed by atoms with Crippen molar-refractivity contribution >= 4 is 34.4 Å². The van der Waals surface area contributed by atoms with Crippen molar-refractivity contribution in [3.63, 3.8) is 0 Å². The van der Waals surface area contributed by atoms with Crippen molar-refractivity contribution in [2.45, 2.75) is 19.3 Å². The normalized spacial score (nSPS) is 12.2. The van der Waals surface area contributed by atoms with Gasteiger partial charge in [0, 0.05) is 17.0 Å². The lowest BCUT2D eigenvalue weighted by Gasteiger charge is -2.14. The van der Waals surface area contributed by atoms with Gasteiger partial charge in [-0.3, -0.25) is 4.79 Å². The summed E-state index contributed by atoms with van der Waals surface area (Å²) >= 11 is 2.68. The number of alkyl halides is 6. The standard InChI is InChI=1S/C20H12F6N4OS2/c1-10-5-16(30(29-10)18-27-14(9-33-18)15-3-2-4-32-15)28-17(31)11-6-12(19(21,22)23)8-13(7-11)20(24,25)26/h2-9H,1H3,(H,28,31). The predicted molar refractivity (Wildman–Crippen MR) is 112 cm³/mol. The molecule has 0 aliphatic heterocycles. The minimum atomic E-state index is -5.06. The van der Waals surface area contributed by atoms with Crippen LogP contribution >= 0.6 is 22.7 Å². The highest BCUT2D eigenvalue weighted by molar-refractivity contribution is 7.15. The molecule has 172 valence electrons. The lowest BCUT2D eigenvalue weighted by atomic mass is 10.0. The predicted octanol–water partition coefficient (Wildman–Crippen LogP) is 6.66. The van der Waals surface area contributed by atoms with E-state index < -0.39 is 35.0 Å². The lowest BCUT2D eigenvalue weighted by molar-refractivity contribution is -0.143. The number of aromatic nitrogens is 3. The number of amides is 1. The summed E-state index contributed by atoms with van der Waals surface area (Å²) in [4.78, 5) is 18.0. The van der Waals surface area contributed by atoms with Crippen LogP contribution in [-0.2, 0) is 12.4 Å². The van der Waals surface area contributed by atoms with Crippen LogP contribution in [0, 0.1) is 6.92 Å². The van der Waals surface area contributed by atoms with Crippen LogP contribution in [0.4, 0.5) is 32.2 Å². The average Bonchev–Trinajstić information content (AvgIpc) is 3.46. The van der Waals surface area contributed by atoms with Gasteiger partial charge in [-0.1, -0.05) is 6.07 Å². The van der Waals surface area contributed by atoms with E-state index in [1.807, 2.05) is 17.5 Å². The smallest absolute Gasteiger partial charge is 0.306 e. The van der Waals surface area contributed by atoms with Gasteiger partial charge < -0.3 is 5.32 Å². The highest BCUT2D eigenvalue weighted by atomic mass is 32.1. The molecule has 0 aliphatic rings. The molecule has 4 rings (SSSR count). The zero-order valence-corrected chi connectivity index (χ0v) is 18.1. The average molecular weight is 502 g/mol. The molecule has 3 heterocycles. The largest absolute Gasteiger partial charge is 0.416 e. The highest BCUT2D eigenvalue weighted by Gasteiger charge is 2.37. The fraction of sp³-hybridized carbons (Fsp3) is 0.150. The molecule has 13 heteroatoms. The van der Waals surface area contributed by atoms with Crippen LogP contribution in [0.1, 0.15) is 27.2 Å². The molecule has 0 atom stereocenters. The highest BCUT2D eigenvalue weighted by Crippen LogP contribution is 2.36. The SMILES string of the molecule is Cc1cc(NC(=O)c2cc(C(F)(F)F)cc(C(F)(F)F)c2)n(-c2nc(-c3cccs3)cs2)n1. The van der Waals surface area contributed by atoms with Crippen molar-refractivity contribution < 1.29 is 31.1 Å². The lowest BCUT2D eigenvalue weighted by Crippen LogP contribution is -2.18. The second-order valence-corrected chi connectivity index (χ2v) is 8.61. The Kier molecular flexibility index (Phi) is 5.78. The maximum Gasteiger partial charge on any atom is 0.416 e. The zero-order valence-electron chi connectivity index (χ0n) is 16.5. The molecule has 5 nitrogen and oxygen atoms in total. The number of nitrogens with one attached hydrogen (secondary N) is 1. The monoisotopic (exact) mass is 502 g/mol. The first kappa shape index (κ1) is 23.0. The van der Waals surface area contributed by atoms with Gasteiger partial charge in [-0.15, -0.1) is 22.7 Å². The molecule has 0 spiro atoms. The Labute approximate surface area is 190 Å². The minimum Gasteiger partial charge on any atom is -0.306 e. The summed E-state index contributed by atoms with van der Waals surface area (Å²) in [7, 11) is 0. The molecule has 4 aromatic rings. The van der Waals surface area contributed by atoms with Gasteiger partial charge in [0.2, 0.25) is 5.13 Å². The van der Waals surface area contributed by atoms with Crippen LogP contribution in [0.15, 0.2) is 47.2 Å². The molecule has 1 N–H and O–H groups in total. The number of nitrogens with zero attached hydrogens (tertiary/aromatic N) is 3. The van der Waals surface area contributed by atoms with Gasteiger partial charge in [-0.05, 0) is 36.6 Å². The molecule has 0 bridgehead atoms. The summed E-state index contributed by atoms with van der Waals surface area (Å²) in [5, 5.41) is 10.6. The van der Waals surface area contributed by atoms with E-state index in [1.54, 1.807) is 12.3 Å². The molecule has 0 fully saturated rings. The van der Waals surface area contributed by atoms with E-state index >= 15 is 0 Å². The van der Waals surface area contributed by atoms with Gasteiger partial charge >= 0.3 is 12.4 Å². The number of rotatable bonds is 4. The van der Waals surface area contributed by atoms with E-state index in [0.29, 0.717) is 28.7 Å². The first-order valence-corrected chi connectivity index (χ1v) is 10.8. The first-order valence-electron chi connectivity index (χ1n) is 9.09. The number of benzene rings is 1. The Morgan fingerprint density at radius 1 is 1.00 bits per heavy atom. The van der Waals surface area contributed by atoms with Crippen LogP contribution in [0.3, 0.4) is 0 Å². The fourth-order valence-corrected chi connectivity index (χ4v) is 4.46. The molecule has 0 unspecified atom stereocenters. The molecule has 1 amide bonds. The van der Waals surface area contributed by atoms with E-state index in [-0.39, 0.29) is 11.9 Å². The van der Waals surface area contributed by atoms with Crippen molar-refractivity contribution in [3.8, 4) is 15.7 Å². The molecule has 33 heavy (non-hydrogen) atoms. The maximum atomic E-state index is 13.1. The second-order valence-electron chi connectivity index (χ2n) is 6.82. The van der Waals surface area contributed by atoms with Gasteiger partial charge in [0.1, 0.15) is 5.82 Å². The molecule has 0 saturated carbocycles. The summed E-state index contributed by atoms with van der Waals surface area (Å²) in [6, 6.07) is 5.86. The second kappa shape index (κ2) is 8.30. The van der Waals surface area contributed by atoms with Crippen molar-refractivity contribution in [1.29, 1.82) is 0 Å². The number of hydrogen-bond acceptors (Lipinski definition) is 5. The molecule has 3 aromatic heterocycles.